The molecule has 1 atom stereocenters. The fraction of sp³-hybridized carbons (Fsp3) is 0.238. The van der Waals surface area contributed by atoms with Crippen molar-refractivity contribution in [1.82, 2.24) is 5.32 Å². The van der Waals surface area contributed by atoms with Crippen molar-refractivity contribution in [3.8, 4) is 11.1 Å². The summed E-state index contributed by atoms with van der Waals surface area (Å²) in [7, 11) is 0. The lowest BCUT2D eigenvalue weighted by molar-refractivity contribution is -0.134. The molecule has 1 aliphatic rings. The first-order valence-corrected chi connectivity index (χ1v) is 8.87. The van der Waals surface area contributed by atoms with Gasteiger partial charge in [-0.15, -0.1) is 0 Å². The van der Waals surface area contributed by atoms with Gasteiger partial charge in [0.05, 0.1) is 12.7 Å². The molecule has 0 aromatic heterocycles. The minimum Gasteiger partial charge on any atom is -0.478 e. The minimum absolute atomic E-state index is 0.190. The Kier molecular flexibility index (Phi) is 8.45. The number of ether oxygens (including phenoxy) is 1. The van der Waals surface area contributed by atoms with Crippen LogP contribution in [0.25, 0.3) is 11.1 Å². The standard InChI is InChI=1S/C17H17F2NO.C4H4O4/c18-16-7-3-6-15(17(16)19)14-5-2-1-4-12(14)11-21-13-8-9-20-10-13;5-3(6)1-2-4(7)8/h1-7,13,20H,8-11H2;1-2H,(H,5,6)(H,7,8)/b;2-1+/t13-;/m1./s1. The van der Waals surface area contributed by atoms with E-state index < -0.39 is 23.6 Å². The largest absolute Gasteiger partial charge is 0.478 e. The molecule has 0 bridgehead atoms. The smallest absolute Gasteiger partial charge is 0.328 e. The molecular formula is C21H21F2NO5. The second kappa shape index (κ2) is 11.0. The molecule has 0 spiro atoms. The zero-order chi connectivity index (χ0) is 21.2. The highest BCUT2D eigenvalue weighted by molar-refractivity contribution is 5.89. The predicted octanol–water partition coefficient (Wildman–Crippen LogP) is 3.22. The summed E-state index contributed by atoms with van der Waals surface area (Å²) in [5, 5.41) is 18.9. The van der Waals surface area contributed by atoms with Gasteiger partial charge in [0.2, 0.25) is 0 Å². The van der Waals surface area contributed by atoms with E-state index in [9.17, 15) is 18.4 Å². The van der Waals surface area contributed by atoms with Gasteiger partial charge in [0.15, 0.2) is 11.6 Å². The summed E-state index contributed by atoms with van der Waals surface area (Å²) in [5.41, 5.74) is 1.83. The SMILES string of the molecule is Fc1cccc(-c2ccccc2CO[C@@H]2CCNC2)c1F.O=C(O)/C=C/C(=O)O. The predicted molar refractivity (Wildman–Crippen MR) is 102 cm³/mol. The van der Waals surface area contributed by atoms with Gasteiger partial charge in [0, 0.05) is 24.3 Å². The van der Waals surface area contributed by atoms with E-state index in [-0.39, 0.29) is 11.7 Å². The van der Waals surface area contributed by atoms with Crippen molar-refractivity contribution < 1.29 is 33.3 Å². The average Bonchev–Trinajstić information content (AvgIpc) is 3.21. The van der Waals surface area contributed by atoms with Gasteiger partial charge in [-0.2, -0.15) is 0 Å². The molecule has 29 heavy (non-hydrogen) atoms. The van der Waals surface area contributed by atoms with Crippen molar-refractivity contribution in [3.63, 3.8) is 0 Å². The number of rotatable bonds is 6. The molecule has 1 heterocycles. The summed E-state index contributed by atoms with van der Waals surface area (Å²) < 4.78 is 33.2. The van der Waals surface area contributed by atoms with Crippen LogP contribution in [-0.4, -0.2) is 41.3 Å². The molecule has 1 saturated heterocycles. The van der Waals surface area contributed by atoms with Gasteiger partial charge >= 0.3 is 11.9 Å². The fourth-order valence-electron chi connectivity index (χ4n) is 2.74. The van der Waals surface area contributed by atoms with Gasteiger partial charge in [-0.25, -0.2) is 18.4 Å². The lowest BCUT2D eigenvalue weighted by Gasteiger charge is -2.14. The Labute approximate surface area is 166 Å². The Bertz CT molecular complexity index is 863. The molecule has 1 fully saturated rings. The maximum Gasteiger partial charge on any atom is 0.328 e. The highest BCUT2D eigenvalue weighted by Crippen LogP contribution is 2.28. The topological polar surface area (TPSA) is 95.9 Å². The molecule has 2 aromatic carbocycles. The van der Waals surface area contributed by atoms with E-state index in [4.69, 9.17) is 14.9 Å². The zero-order valence-corrected chi connectivity index (χ0v) is 15.5. The number of carboxylic acids is 2. The molecule has 0 aliphatic carbocycles. The molecule has 8 heteroatoms. The van der Waals surface area contributed by atoms with Gasteiger partial charge in [0.1, 0.15) is 0 Å². The molecule has 0 radical (unpaired) electrons. The normalized spacial score (nSPS) is 15.7. The van der Waals surface area contributed by atoms with Crippen LogP contribution in [0.15, 0.2) is 54.6 Å². The Balaban J connectivity index is 0.000000321. The number of hydrogen-bond acceptors (Lipinski definition) is 4. The Morgan fingerprint density at radius 1 is 1.03 bits per heavy atom. The summed E-state index contributed by atoms with van der Waals surface area (Å²) >= 11 is 0. The van der Waals surface area contributed by atoms with Crippen LogP contribution in [0.3, 0.4) is 0 Å². The summed E-state index contributed by atoms with van der Waals surface area (Å²) in [6.45, 7) is 2.21. The Morgan fingerprint density at radius 3 is 2.31 bits per heavy atom. The molecule has 3 N–H and O–H groups in total. The molecule has 0 amide bonds. The van der Waals surface area contributed by atoms with Crippen molar-refractivity contribution in [2.45, 2.75) is 19.1 Å². The monoisotopic (exact) mass is 405 g/mol. The lowest BCUT2D eigenvalue weighted by atomic mass is 9.99. The molecule has 1 aliphatic heterocycles. The third-order valence-electron chi connectivity index (χ3n) is 4.12. The molecule has 154 valence electrons. The second-order valence-electron chi connectivity index (χ2n) is 6.19. The van der Waals surface area contributed by atoms with E-state index in [1.807, 2.05) is 18.2 Å². The van der Waals surface area contributed by atoms with Crippen LogP contribution >= 0.6 is 0 Å². The summed E-state index contributed by atoms with van der Waals surface area (Å²) in [4.78, 5) is 19.1. The highest BCUT2D eigenvalue weighted by Gasteiger charge is 2.17. The average molecular weight is 405 g/mol. The van der Waals surface area contributed by atoms with E-state index in [1.54, 1.807) is 12.1 Å². The van der Waals surface area contributed by atoms with E-state index in [0.29, 0.717) is 24.3 Å². The van der Waals surface area contributed by atoms with Crippen LogP contribution in [0.4, 0.5) is 8.78 Å². The quantitative estimate of drug-likeness (QED) is 0.639. The molecule has 6 nitrogen and oxygen atoms in total. The van der Waals surface area contributed by atoms with Crippen LogP contribution in [0.1, 0.15) is 12.0 Å². The first-order chi connectivity index (χ1) is 13.9. The third kappa shape index (κ3) is 7.10. The summed E-state index contributed by atoms with van der Waals surface area (Å²) in [6, 6.07) is 11.6. The number of benzene rings is 2. The number of halogens is 2. The first kappa shape index (κ1) is 22.2. The van der Waals surface area contributed by atoms with Crippen LogP contribution in [0.2, 0.25) is 0 Å². The van der Waals surface area contributed by atoms with Gasteiger partial charge in [-0.3, -0.25) is 0 Å². The van der Waals surface area contributed by atoms with Crippen molar-refractivity contribution in [1.29, 1.82) is 0 Å². The van der Waals surface area contributed by atoms with Gasteiger partial charge in [0.25, 0.3) is 0 Å². The van der Waals surface area contributed by atoms with Crippen LogP contribution in [0.5, 0.6) is 0 Å². The maximum atomic E-state index is 14.0. The molecular weight excluding hydrogens is 384 g/mol. The third-order valence-corrected chi connectivity index (χ3v) is 4.12. The molecule has 0 unspecified atom stereocenters. The molecule has 2 aromatic rings. The van der Waals surface area contributed by atoms with Gasteiger partial charge < -0.3 is 20.3 Å². The Morgan fingerprint density at radius 2 is 1.69 bits per heavy atom. The van der Waals surface area contributed by atoms with E-state index in [2.05, 4.69) is 5.32 Å². The number of aliphatic carboxylic acids is 2. The maximum absolute atomic E-state index is 14.0. The highest BCUT2D eigenvalue weighted by atomic mass is 19.2. The van der Waals surface area contributed by atoms with E-state index in [1.165, 1.54) is 6.07 Å². The Hall–Kier alpha value is -3.10. The van der Waals surface area contributed by atoms with Crippen molar-refractivity contribution in [2.24, 2.45) is 0 Å². The van der Waals surface area contributed by atoms with Crippen LogP contribution in [0, 0.1) is 11.6 Å². The van der Waals surface area contributed by atoms with Gasteiger partial charge in [-0.1, -0.05) is 36.4 Å². The minimum atomic E-state index is -1.26. The van der Waals surface area contributed by atoms with E-state index in [0.717, 1.165) is 31.1 Å². The molecule has 0 saturated carbocycles. The molecule has 3 rings (SSSR count). The van der Waals surface area contributed by atoms with Crippen LogP contribution in [-0.2, 0) is 20.9 Å². The first-order valence-electron chi connectivity index (χ1n) is 8.87. The second-order valence-corrected chi connectivity index (χ2v) is 6.19. The zero-order valence-electron chi connectivity index (χ0n) is 15.5. The number of carbonyl (C=O) groups is 2. The lowest BCUT2D eigenvalue weighted by Crippen LogP contribution is -2.16. The van der Waals surface area contributed by atoms with E-state index >= 15 is 0 Å². The number of hydrogen-bond donors (Lipinski definition) is 3. The van der Waals surface area contributed by atoms with Crippen molar-refractivity contribution in [3.05, 3.63) is 71.8 Å². The summed E-state index contributed by atoms with van der Waals surface area (Å²) in [6.07, 6.45) is 2.29. The fourth-order valence-corrected chi connectivity index (χ4v) is 2.74. The van der Waals surface area contributed by atoms with Gasteiger partial charge in [-0.05, 0) is 30.2 Å². The van der Waals surface area contributed by atoms with Crippen molar-refractivity contribution in [2.75, 3.05) is 13.1 Å². The van der Waals surface area contributed by atoms with Crippen molar-refractivity contribution >= 4 is 11.9 Å². The number of carboxylic acid groups (broad SMARTS) is 2. The summed E-state index contributed by atoms with van der Waals surface area (Å²) in [5.74, 6) is -4.16. The number of nitrogens with one attached hydrogen (secondary N) is 1. The van der Waals surface area contributed by atoms with Crippen LogP contribution < -0.4 is 5.32 Å².